The summed E-state index contributed by atoms with van der Waals surface area (Å²) in [5.74, 6) is 0.526. The van der Waals surface area contributed by atoms with Gasteiger partial charge in [0.05, 0.1) is 0 Å². The number of rotatable bonds is 4. The van der Waals surface area contributed by atoms with Crippen molar-refractivity contribution < 1.29 is 4.79 Å². The molecule has 1 heterocycles. The number of nitrogens with one attached hydrogen (secondary N) is 1. The third kappa shape index (κ3) is 3.88. The number of amidine groups is 1. The molecule has 1 aliphatic rings. The maximum absolute atomic E-state index is 12.0. The molecule has 0 saturated heterocycles. The summed E-state index contributed by atoms with van der Waals surface area (Å²) in [6, 6.07) is 15.8. The van der Waals surface area contributed by atoms with Gasteiger partial charge in [0.25, 0.3) is 5.91 Å². The van der Waals surface area contributed by atoms with Crippen LogP contribution in [0.4, 0.5) is 0 Å². The highest BCUT2D eigenvalue weighted by molar-refractivity contribution is 6.32. The van der Waals surface area contributed by atoms with Crippen molar-refractivity contribution in [3.05, 3.63) is 75.9 Å². The van der Waals surface area contributed by atoms with Crippen molar-refractivity contribution in [1.29, 1.82) is 0 Å². The maximum atomic E-state index is 12.0. The van der Waals surface area contributed by atoms with E-state index in [0.29, 0.717) is 23.0 Å². The molecule has 0 spiro atoms. The van der Waals surface area contributed by atoms with E-state index in [9.17, 15) is 4.79 Å². The molecule has 4 heteroatoms. The Bertz CT molecular complexity index is 791. The van der Waals surface area contributed by atoms with Gasteiger partial charge in [0.2, 0.25) is 0 Å². The van der Waals surface area contributed by atoms with Crippen LogP contribution in [0.15, 0.2) is 59.2 Å². The molecular formula is C19H17ClN2O. The first-order valence-corrected chi connectivity index (χ1v) is 7.90. The summed E-state index contributed by atoms with van der Waals surface area (Å²) in [4.78, 5) is 16.4. The lowest BCUT2D eigenvalue weighted by Crippen LogP contribution is -2.24. The van der Waals surface area contributed by atoms with Crippen LogP contribution in [-0.4, -0.2) is 11.7 Å². The van der Waals surface area contributed by atoms with E-state index in [2.05, 4.69) is 41.5 Å². The average molecular weight is 325 g/mol. The number of hydrogen-bond acceptors (Lipinski definition) is 2. The number of carbonyl (C=O) groups excluding carboxylic acids is 1. The first-order chi connectivity index (χ1) is 11.1. The van der Waals surface area contributed by atoms with Crippen molar-refractivity contribution in [3.63, 3.8) is 0 Å². The number of halogens is 1. The Morgan fingerprint density at radius 3 is 2.57 bits per heavy atom. The van der Waals surface area contributed by atoms with E-state index < -0.39 is 0 Å². The summed E-state index contributed by atoms with van der Waals surface area (Å²) in [5.41, 5.74) is 3.67. The number of nitrogens with zero attached hydrogens (tertiary/aromatic N) is 1. The van der Waals surface area contributed by atoms with Crippen molar-refractivity contribution in [2.45, 2.75) is 19.8 Å². The predicted molar refractivity (Wildman–Crippen MR) is 94.5 cm³/mol. The Kier molecular flexibility index (Phi) is 4.58. The second kappa shape index (κ2) is 6.80. The van der Waals surface area contributed by atoms with Crippen molar-refractivity contribution >= 4 is 29.4 Å². The number of aryl methyl sites for hydroxylation is 2. The minimum Gasteiger partial charge on any atom is -0.309 e. The molecule has 0 fully saturated rings. The van der Waals surface area contributed by atoms with Crippen molar-refractivity contribution in [2.75, 3.05) is 0 Å². The van der Waals surface area contributed by atoms with Gasteiger partial charge in [-0.1, -0.05) is 59.6 Å². The van der Waals surface area contributed by atoms with E-state index in [1.807, 2.05) is 18.2 Å². The molecule has 116 valence electrons. The fourth-order valence-corrected chi connectivity index (χ4v) is 2.58. The van der Waals surface area contributed by atoms with Gasteiger partial charge in [0, 0.05) is 11.4 Å². The smallest absolute Gasteiger partial charge is 0.275 e. The highest BCUT2D eigenvalue weighted by Crippen LogP contribution is 2.20. The van der Waals surface area contributed by atoms with Crippen molar-refractivity contribution in [2.24, 2.45) is 4.99 Å². The van der Waals surface area contributed by atoms with Crippen molar-refractivity contribution in [3.8, 4) is 0 Å². The summed E-state index contributed by atoms with van der Waals surface area (Å²) in [7, 11) is 0. The van der Waals surface area contributed by atoms with E-state index in [1.54, 1.807) is 12.1 Å². The van der Waals surface area contributed by atoms with Crippen LogP contribution in [0, 0.1) is 6.92 Å². The lowest BCUT2D eigenvalue weighted by molar-refractivity contribution is -0.115. The van der Waals surface area contributed by atoms with E-state index in [-0.39, 0.29) is 5.91 Å². The standard InChI is InChI=1S/C19H17ClN2O/c1-13-6-8-14(9-7-13)10-11-18-21-17(19(23)22-18)12-15-4-2-3-5-16(15)20/h2-9,12H,10-11H2,1H3,(H,21,22,23)/b17-12-. The third-order valence-corrected chi connectivity index (χ3v) is 4.06. The summed E-state index contributed by atoms with van der Waals surface area (Å²) >= 11 is 6.12. The Morgan fingerprint density at radius 2 is 1.83 bits per heavy atom. The van der Waals surface area contributed by atoms with E-state index in [1.165, 1.54) is 11.1 Å². The molecule has 0 radical (unpaired) electrons. The van der Waals surface area contributed by atoms with Gasteiger partial charge in [0.15, 0.2) is 0 Å². The van der Waals surface area contributed by atoms with E-state index >= 15 is 0 Å². The topological polar surface area (TPSA) is 41.5 Å². The largest absolute Gasteiger partial charge is 0.309 e. The molecule has 0 atom stereocenters. The van der Waals surface area contributed by atoms with Gasteiger partial charge >= 0.3 is 0 Å². The highest BCUT2D eigenvalue weighted by Gasteiger charge is 2.19. The van der Waals surface area contributed by atoms with Crippen LogP contribution in [-0.2, 0) is 11.2 Å². The molecule has 0 aliphatic carbocycles. The fraction of sp³-hybridized carbons (Fsp3) is 0.158. The molecule has 1 amide bonds. The Morgan fingerprint density at radius 1 is 1.09 bits per heavy atom. The average Bonchev–Trinajstić information content (AvgIpc) is 2.89. The Hall–Kier alpha value is -2.39. The maximum Gasteiger partial charge on any atom is 0.275 e. The molecule has 2 aromatic rings. The first kappa shape index (κ1) is 15.5. The van der Waals surface area contributed by atoms with Gasteiger partial charge in [-0.3, -0.25) is 4.79 Å². The van der Waals surface area contributed by atoms with Gasteiger partial charge in [-0.2, -0.15) is 0 Å². The van der Waals surface area contributed by atoms with Crippen LogP contribution in [0.25, 0.3) is 6.08 Å². The zero-order valence-electron chi connectivity index (χ0n) is 12.8. The minimum absolute atomic E-state index is 0.177. The van der Waals surface area contributed by atoms with Crippen LogP contribution in [0.2, 0.25) is 5.02 Å². The molecule has 0 saturated carbocycles. The van der Waals surface area contributed by atoms with Crippen LogP contribution < -0.4 is 5.32 Å². The molecule has 3 nitrogen and oxygen atoms in total. The first-order valence-electron chi connectivity index (χ1n) is 7.52. The van der Waals surface area contributed by atoms with E-state index in [4.69, 9.17) is 11.6 Å². The zero-order chi connectivity index (χ0) is 16.2. The number of aliphatic imine (C=N–C) groups is 1. The minimum atomic E-state index is -0.177. The fourth-order valence-electron chi connectivity index (χ4n) is 2.39. The molecule has 1 N–H and O–H groups in total. The molecule has 0 bridgehead atoms. The Balaban J connectivity index is 1.71. The normalized spacial score (nSPS) is 15.7. The van der Waals surface area contributed by atoms with Gasteiger partial charge in [-0.15, -0.1) is 0 Å². The summed E-state index contributed by atoms with van der Waals surface area (Å²) in [5, 5.41) is 3.43. The van der Waals surface area contributed by atoms with Crippen molar-refractivity contribution in [1.82, 2.24) is 5.32 Å². The van der Waals surface area contributed by atoms with Gasteiger partial charge in [-0.05, 0) is 36.6 Å². The molecule has 3 rings (SSSR count). The second-order valence-corrected chi connectivity index (χ2v) is 5.96. The summed E-state index contributed by atoms with van der Waals surface area (Å²) in [6.07, 6.45) is 3.27. The molecular weight excluding hydrogens is 308 g/mol. The van der Waals surface area contributed by atoms with E-state index in [0.717, 1.165) is 12.0 Å². The SMILES string of the molecule is Cc1ccc(CCC2=N/C(=C\c3ccccc3Cl)C(=O)N2)cc1. The zero-order valence-corrected chi connectivity index (χ0v) is 13.6. The van der Waals surface area contributed by atoms with Gasteiger partial charge in [0.1, 0.15) is 11.5 Å². The summed E-state index contributed by atoms with van der Waals surface area (Å²) in [6.45, 7) is 2.07. The molecule has 1 aliphatic heterocycles. The predicted octanol–water partition coefficient (Wildman–Crippen LogP) is 4.15. The number of benzene rings is 2. The van der Waals surface area contributed by atoms with Gasteiger partial charge in [-0.25, -0.2) is 4.99 Å². The molecule has 23 heavy (non-hydrogen) atoms. The lowest BCUT2D eigenvalue weighted by atomic mass is 10.1. The molecule has 0 unspecified atom stereocenters. The van der Waals surface area contributed by atoms with Crippen LogP contribution in [0.3, 0.4) is 0 Å². The lowest BCUT2D eigenvalue weighted by Gasteiger charge is -2.02. The number of carbonyl (C=O) groups is 1. The Labute approximate surface area is 140 Å². The third-order valence-electron chi connectivity index (χ3n) is 3.71. The van der Waals surface area contributed by atoms with Crippen LogP contribution in [0.5, 0.6) is 0 Å². The molecule has 2 aromatic carbocycles. The number of amides is 1. The van der Waals surface area contributed by atoms with Crippen LogP contribution >= 0.6 is 11.6 Å². The second-order valence-electron chi connectivity index (χ2n) is 5.55. The quantitative estimate of drug-likeness (QED) is 0.843. The van der Waals surface area contributed by atoms with Crippen LogP contribution in [0.1, 0.15) is 23.1 Å². The van der Waals surface area contributed by atoms with Gasteiger partial charge < -0.3 is 5.32 Å². The summed E-state index contributed by atoms with van der Waals surface area (Å²) < 4.78 is 0. The number of hydrogen-bond donors (Lipinski definition) is 1. The monoisotopic (exact) mass is 324 g/mol. The highest BCUT2D eigenvalue weighted by atomic mass is 35.5. The molecule has 0 aromatic heterocycles.